The Morgan fingerprint density at radius 3 is 2.33 bits per heavy atom. The second kappa shape index (κ2) is 2.89. The van der Waals surface area contributed by atoms with Gasteiger partial charge in [-0.3, -0.25) is 0 Å². The summed E-state index contributed by atoms with van der Waals surface area (Å²) in [6, 6.07) is 0. The molecule has 0 spiro atoms. The smallest absolute Gasteiger partial charge is 0.0834 e. The Morgan fingerprint density at radius 2 is 1.83 bits per heavy atom. The SMILES string of the molecule is NC1(C2(O)CCCC2)CCSC1. The first kappa shape index (κ1) is 8.85. The minimum atomic E-state index is -0.531. The molecule has 1 aliphatic heterocycles. The summed E-state index contributed by atoms with van der Waals surface area (Å²) in [5.41, 5.74) is 5.43. The van der Waals surface area contributed by atoms with Crippen LogP contribution in [0.5, 0.6) is 0 Å². The molecule has 0 aromatic carbocycles. The molecule has 1 atom stereocenters. The van der Waals surface area contributed by atoms with Gasteiger partial charge in [-0.1, -0.05) is 12.8 Å². The van der Waals surface area contributed by atoms with Crippen LogP contribution < -0.4 is 5.73 Å². The second-order valence-electron chi connectivity index (χ2n) is 4.20. The van der Waals surface area contributed by atoms with Crippen molar-refractivity contribution in [1.29, 1.82) is 0 Å². The first-order chi connectivity index (χ1) is 5.66. The molecule has 1 heterocycles. The van der Waals surface area contributed by atoms with Crippen LogP contribution in [0, 0.1) is 0 Å². The highest BCUT2D eigenvalue weighted by Crippen LogP contribution is 2.43. The Balaban J connectivity index is 2.14. The molecule has 0 aromatic heterocycles. The molecule has 1 unspecified atom stereocenters. The zero-order chi connectivity index (χ0) is 8.66. The summed E-state index contributed by atoms with van der Waals surface area (Å²) in [6.45, 7) is 0. The molecule has 2 nitrogen and oxygen atoms in total. The van der Waals surface area contributed by atoms with E-state index in [4.69, 9.17) is 5.73 Å². The van der Waals surface area contributed by atoms with E-state index < -0.39 is 5.60 Å². The first-order valence-electron chi connectivity index (χ1n) is 4.75. The van der Waals surface area contributed by atoms with Gasteiger partial charge in [0.15, 0.2) is 0 Å². The fraction of sp³-hybridized carbons (Fsp3) is 1.00. The maximum Gasteiger partial charge on any atom is 0.0834 e. The summed E-state index contributed by atoms with van der Waals surface area (Å²) in [6.07, 6.45) is 5.14. The van der Waals surface area contributed by atoms with Crippen molar-refractivity contribution in [2.24, 2.45) is 5.73 Å². The summed E-state index contributed by atoms with van der Waals surface area (Å²) < 4.78 is 0. The van der Waals surface area contributed by atoms with Crippen LogP contribution in [0.15, 0.2) is 0 Å². The fourth-order valence-corrected chi connectivity index (χ4v) is 3.84. The highest BCUT2D eigenvalue weighted by Gasteiger charge is 2.50. The zero-order valence-corrected chi connectivity index (χ0v) is 8.20. The maximum absolute atomic E-state index is 10.3. The van der Waals surface area contributed by atoms with Gasteiger partial charge in [-0.15, -0.1) is 0 Å². The molecule has 12 heavy (non-hydrogen) atoms. The topological polar surface area (TPSA) is 46.2 Å². The quantitative estimate of drug-likeness (QED) is 0.647. The van der Waals surface area contributed by atoms with Crippen molar-refractivity contribution in [1.82, 2.24) is 0 Å². The number of hydrogen-bond donors (Lipinski definition) is 2. The lowest BCUT2D eigenvalue weighted by Crippen LogP contribution is -2.59. The molecule has 0 aromatic rings. The third-order valence-corrected chi connectivity index (χ3v) is 4.62. The normalized spacial score (nSPS) is 40.5. The van der Waals surface area contributed by atoms with Crippen molar-refractivity contribution < 1.29 is 5.11 Å². The Bertz CT molecular complexity index is 151. The molecule has 1 saturated heterocycles. The first-order valence-corrected chi connectivity index (χ1v) is 5.91. The van der Waals surface area contributed by atoms with Gasteiger partial charge in [0, 0.05) is 5.75 Å². The van der Waals surface area contributed by atoms with Crippen LogP contribution in [-0.4, -0.2) is 27.8 Å². The number of aliphatic hydroxyl groups is 1. The molecular weight excluding hydrogens is 170 g/mol. The van der Waals surface area contributed by atoms with Crippen molar-refractivity contribution in [3.8, 4) is 0 Å². The zero-order valence-electron chi connectivity index (χ0n) is 7.38. The standard InChI is InChI=1S/C9H17NOS/c10-8(5-6-12-7-8)9(11)3-1-2-4-9/h11H,1-7,10H2. The van der Waals surface area contributed by atoms with Gasteiger partial charge in [0.25, 0.3) is 0 Å². The minimum absolute atomic E-state index is 0.270. The van der Waals surface area contributed by atoms with E-state index in [9.17, 15) is 5.11 Å². The van der Waals surface area contributed by atoms with Crippen molar-refractivity contribution >= 4 is 11.8 Å². The van der Waals surface area contributed by atoms with Crippen LogP contribution >= 0.6 is 11.8 Å². The van der Waals surface area contributed by atoms with Crippen LogP contribution in [0.3, 0.4) is 0 Å². The lowest BCUT2D eigenvalue weighted by molar-refractivity contribution is -0.0192. The monoisotopic (exact) mass is 187 g/mol. The molecular formula is C9H17NOS. The van der Waals surface area contributed by atoms with Crippen molar-refractivity contribution in [3.05, 3.63) is 0 Å². The van der Waals surface area contributed by atoms with E-state index in [0.717, 1.165) is 43.6 Å². The molecule has 1 aliphatic carbocycles. The van der Waals surface area contributed by atoms with Gasteiger partial charge >= 0.3 is 0 Å². The Morgan fingerprint density at radius 1 is 1.17 bits per heavy atom. The predicted molar refractivity (Wildman–Crippen MR) is 52.3 cm³/mol. The van der Waals surface area contributed by atoms with E-state index in [0.29, 0.717) is 0 Å². The van der Waals surface area contributed by atoms with Gasteiger partial charge in [0.2, 0.25) is 0 Å². The molecule has 2 rings (SSSR count). The van der Waals surface area contributed by atoms with E-state index in [-0.39, 0.29) is 5.54 Å². The van der Waals surface area contributed by atoms with Gasteiger partial charge in [-0.2, -0.15) is 11.8 Å². The summed E-state index contributed by atoms with van der Waals surface area (Å²) in [5, 5.41) is 10.3. The van der Waals surface area contributed by atoms with E-state index in [1.165, 1.54) is 0 Å². The Kier molecular flexibility index (Phi) is 2.13. The second-order valence-corrected chi connectivity index (χ2v) is 5.30. The minimum Gasteiger partial charge on any atom is -0.388 e. The number of rotatable bonds is 1. The molecule has 2 aliphatic rings. The number of thioether (sulfide) groups is 1. The van der Waals surface area contributed by atoms with Crippen molar-refractivity contribution in [2.75, 3.05) is 11.5 Å². The lowest BCUT2D eigenvalue weighted by Gasteiger charge is -2.39. The van der Waals surface area contributed by atoms with E-state index in [1.54, 1.807) is 0 Å². The Labute approximate surface area is 77.9 Å². The van der Waals surface area contributed by atoms with Crippen molar-refractivity contribution in [3.63, 3.8) is 0 Å². The molecule has 3 N–H and O–H groups in total. The van der Waals surface area contributed by atoms with Gasteiger partial charge in [0.05, 0.1) is 11.1 Å². The van der Waals surface area contributed by atoms with E-state index in [2.05, 4.69) is 0 Å². The van der Waals surface area contributed by atoms with Crippen LogP contribution in [0.4, 0.5) is 0 Å². The maximum atomic E-state index is 10.3. The van der Waals surface area contributed by atoms with Crippen LogP contribution in [-0.2, 0) is 0 Å². The van der Waals surface area contributed by atoms with Crippen LogP contribution in [0.25, 0.3) is 0 Å². The number of nitrogens with two attached hydrogens (primary N) is 1. The summed E-state index contributed by atoms with van der Waals surface area (Å²) in [5.74, 6) is 2.07. The Hall–Kier alpha value is 0.270. The molecule has 2 fully saturated rings. The van der Waals surface area contributed by atoms with E-state index >= 15 is 0 Å². The molecule has 0 bridgehead atoms. The average molecular weight is 187 g/mol. The van der Waals surface area contributed by atoms with Crippen molar-refractivity contribution in [2.45, 2.75) is 43.2 Å². The largest absolute Gasteiger partial charge is 0.388 e. The van der Waals surface area contributed by atoms with Gasteiger partial charge in [-0.05, 0) is 25.0 Å². The van der Waals surface area contributed by atoms with Gasteiger partial charge < -0.3 is 10.8 Å². The fourth-order valence-electron chi connectivity index (χ4n) is 2.41. The van der Waals surface area contributed by atoms with Gasteiger partial charge in [0.1, 0.15) is 0 Å². The van der Waals surface area contributed by atoms with Crippen LogP contribution in [0.2, 0.25) is 0 Å². The highest BCUT2D eigenvalue weighted by molar-refractivity contribution is 7.99. The third-order valence-electron chi connectivity index (χ3n) is 3.41. The van der Waals surface area contributed by atoms with Gasteiger partial charge in [-0.25, -0.2) is 0 Å². The summed E-state index contributed by atoms with van der Waals surface area (Å²) in [4.78, 5) is 0. The molecule has 0 radical (unpaired) electrons. The predicted octanol–water partition coefficient (Wildman–Crippen LogP) is 1.13. The highest BCUT2D eigenvalue weighted by atomic mass is 32.2. The lowest BCUT2D eigenvalue weighted by atomic mass is 9.79. The van der Waals surface area contributed by atoms with E-state index in [1.807, 2.05) is 11.8 Å². The third kappa shape index (κ3) is 1.19. The summed E-state index contributed by atoms with van der Waals surface area (Å²) in [7, 11) is 0. The molecule has 3 heteroatoms. The average Bonchev–Trinajstić information content (AvgIpc) is 2.60. The summed E-state index contributed by atoms with van der Waals surface area (Å²) >= 11 is 1.88. The number of hydrogen-bond acceptors (Lipinski definition) is 3. The molecule has 0 amide bonds. The molecule has 1 saturated carbocycles. The molecule has 70 valence electrons. The van der Waals surface area contributed by atoms with Crippen LogP contribution in [0.1, 0.15) is 32.1 Å².